The molecule has 0 heterocycles. The van der Waals surface area contributed by atoms with Crippen LogP contribution in [0, 0.1) is 29.6 Å². The molecule has 6 heteroatoms. The van der Waals surface area contributed by atoms with Gasteiger partial charge < -0.3 is 14.6 Å². The van der Waals surface area contributed by atoms with Crippen LogP contribution in [0.5, 0.6) is 0 Å². The van der Waals surface area contributed by atoms with Crippen LogP contribution >= 0.6 is 0 Å². The van der Waals surface area contributed by atoms with Gasteiger partial charge in [-0.2, -0.15) is 0 Å². The largest absolute Gasteiger partial charge is 0.479 e. The quantitative estimate of drug-likeness (QED) is 0.273. The monoisotopic (exact) mass is 418 g/mol. The summed E-state index contributed by atoms with van der Waals surface area (Å²) in [5, 5.41) is 8.69. The Balaban J connectivity index is 3.89. The topological polar surface area (TPSA) is 89.9 Å². The highest BCUT2D eigenvalue weighted by Crippen LogP contribution is 2.09. The molecule has 0 aromatic rings. The summed E-state index contributed by atoms with van der Waals surface area (Å²) in [4.78, 5) is 33.9. The number of hydrogen-bond donors (Lipinski definition) is 1. The van der Waals surface area contributed by atoms with Gasteiger partial charge in [0.05, 0.1) is 0 Å². The molecule has 2 atom stereocenters. The van der Waals surface area contributed by atoms with Gasteiger partial charge in [-0.25, -0.2) is 9.59 Å². The molecule has 1 N–H and O–H groups in total. The maximum atomic E-state index is 11.7. The normalized spacial score (nSPS) is 12.3. The lowest BCUT2D eigenvalue weighted by atomic mass is 10.0. The molecule has 0 amide bonds. The smallest absolute Gasteiger partial charge is 0.347 e. The molecular weight excluding hydrogens is 384 g/mol. The molecule has 0 aromatic heterocycles. The Morgan fingerprint density at radius 3 is 2.33 bits per heavy atom. The van der Waals surface area contributed by atoms with Gasteiger partial charge >= 0.3 is 17.9 Å². The average Bonchev–Trinajstić information content (AvgIpc) is 2.67. The van der Waals surface area contributed by atoms with E-state index in [1.807, 2.05) is 6.08 Å². The van der Waals surface area contributed by atoms with E-state index >= 15 is 0 Å². The number of esters is 2. The summed E-state index contributed by atoms with van der Waals surface area (Å²) < 4.78 is 9.57. The Morgan fingerprint density at radius 2 is 1.67 bits per heavy atom. The van der Waals surface area contributed by atoms with Crippen LogP contribution in [0.25, 0.3) is 0 Å². The molecule has 6 nitrogen and oxygen atoms in total. The maximum absolute atomic E-state index is 11.7. The minimum Gasteiger partial charge on any atom is -0.479 e. The average molecular weight is 419 g/mol. The van der Waals surface area contributed by atoms with Gasteiger partial charge in [-0.1, -0.05) is 51.0 Å². The van der Waals surface area contributed by atoms with E-state index in [2.05, 4.69) is 48.3 Å². The molecule has 30 heavy (non-hydrogen) atoms. The molecule has 0 aliphatic carbocycles. The van der Waals surface area contributed by atoms with E-state index in [4.69, 9.17) is 9.84 Å². The second kappa shape index (κ2) is 17.2. The summed E-state index contributed by atoms with van der Waals surface area (Å²) in [6.07, 6.45) is 8.53. The molecule has 0 aromatic carbocycles. The number of carboxylic acids is 1. The van der Waals surface area contributed by atoms with Crippen molar-refractivity contribution in [1.29, 1.82) is 0 Å². The zero-order valence-electron chi connectivity index (χ0n) is 18.5. The van der Waals surface area contributed by atoms with E-state index in [1.54, 1.807) is 0 Å². The number of aliphatic carboxylic acids is 1. The third-order valence-corrected chi connectivity index (χ3v) is 4.04. The number of allylic oxidation sites excluding steroid dienone is 2. The van der Waals surface area contributed by atoms with E-state index in [1.165, 1.54) is 39.5 Å². The van der Waals surface area contributed by atoms with Gasteiger partial charge in [0.25, 0.3) is 0 Å². The van der Waals surface area contributed by atoms with Gasteiger partial charge in [0.2, 0.25) is 0 Å². The minimum absolute atomic E-state index is 0.102. The Hall–Kier alpha value is -2.73. The standard InChI is InChI=1S/C24H34O6/c1-19(2)17-15-13-11-9-7-5-6-8-10-12-14-16-18-22(25)29-21(4)24(28)30-20(3)23(26)27/h5,7,19-21H,9,11,13-18H2,1-4H3,(H,26,27). The van der Waals surface area contributed by atoms with Gasteiger partial charge in [-0.05, 0) is 56.9 Å². The third kappa shape index (κ3) is 16.2. The molecule has 0 radical (unpaired) electrons. The van der Waals surface area contributed by atoms with Crippen LogP contribution in [0.2, 0.25) is 0 Å². The summed E-state index contributed by atoms with van der Waals surface area (Å²) in [6, 6.07) is 0. The Morgan fingerprint density at radius 1 is 0.933 bits per heavy atom. The molecular formula is C24H34O6. The molecule has 2 unspecified atom stereocenters. The number of hydrogen-bond acceptors (Lipinski definition) is 5. The van der Waals surface area contributed by atoms with Crippen LogP contribution in [-0.2, 0) is 23.9 Å². The van der Waals surface area contributed by atoms with E-state index in [9.17, 15) is 14.4 Å². The first-order valence-corrected chi connectivity index (χ1v) is 10.5. The summed E-state index contributed by atoms with van der Waals surface area (Å²) >= 11 is 0. The first kappa shape index (κ1) is 27.3. The molecule has 0 saturated carbocycles. The molecule has 0 aliphatic rings. The van der Waals surface area contributed by atoms with Crippen LogP contribution in [0.3, 0.4) is 0 Å². The van der Waals surface area contributed by atoms with Gasteiger partial charge in [0, 0.05) is 12.8 Å². The SMILES string of the molecule is CC(C)CCCCCC=CC#CC#CCCCC(=O)OC(C)C(=O)OC(C)C(=O)O. The van der Waals surface area contributed by atoms with Crippen molar-refractivity contribution in [3.63, 3.8) is 0 Å². The van der Waals surface area contributed by atoms with Crippen LogP contribution < -0.4 is 0 Å². The van der Waals surface area contributed by atoms with Crippen molar-refractivity contribution < 1.29 is 29.0 Å². The molecule has 166 valence electrons. The Kier molecular flexibility index (Phi) is 15.6. The van der Waals surface area contributed by atoms with Crippen molar-refractivity contribution >= 4 is 17.9 Å². The van der Waals surface area contributed by atoms with E-state index in [-0.39, 0.29) is 6.42 Å². The molecule has 0 rings (SSSR count). The number of ether oxygens (including phenoxy) is 2. The molecule has 0 saturated heterocycles. The summed E-state index contributed by atoms with van der Waals surface area (Å²) in [5.74, 6) is 9.25. The number of unbranched alkanes of at least 4 members (excludes halogenated alkanes) is 4. The first-order valence-electron chi connectivity index (χ1n) is 10.5. The van der Waals surface area contributed by atoms with E-state index in [0.29, 0.717) is 12.8 Å². The van der Waals surface area contributed by atoms with Crippen molar-refractivity contribution in [2.75, 3.05) is 0 Å². The number of carbonyl (C=O) groups excluding carboxylic acids is 2. The fourth-order valence-corrected chi connectivity index (χ4v) is 2.26. The zero-order chi connectivity index (χ0) is 22.8. The lowest BCUT2D eigenvalue weighted by Crippen LogP contribution is -2.32. The molecule has 0 aliphatic heterocycles. The van der Waals surface area contributed by atoms with Crippen LogP contribution in [0.15, 0.2) is 12.2 Å². The highest BCUT2D eigenvalue weighted by Gasteiger charge is 2.23. The highest BCUT2D eigenvalue weighted by molar-refractivity contribution is 5.82. The summed E-state index contributed by atoms with van der Waals surface area (Å²) in [7, 11) is 0. The van der Waals surface area contributed by atoms with Crippen molar-refractivity contribution in [1.82, 2.24) is 0 Å². The zero-order valence-corrected chi connectivity index (χ0v) is 18.5. The third-order valence-electron chi connectivity index (χ3n) is 4.04. The van der Waals surface area contributed by atoms with Gasteiger partial charge in [0.15, 0.2) is 12.2 Å². The molecule has 0 spiro atoms. The van der Waals surface area contributed by atoms with Crippen molar-refractivity contribution in [3.8, 4) is 23.7 Å². The number of carbonyl (C=O) groups is 3. The van der Waals surface area contributed by atoms with Crippen LogP contribution in [0.1, 0.15) is 79.1 Å². The summed E-state index contributed by atoms with van der Waals surface area (Å²) in [5.41, 5.74) is 0. The fraction of sp³-hybridized carbons (Fsp3) is 0.625. The predicted molar refractivity (Wildman–Crippen MR) is 115 cm³/mol. The number of carboxylic acid groups (broad SMARTS) is 1. The van der Waals surface area contributed by atoms with Gasteiger partial charge in [-0.3, -0.25) is 4.79 Å². The molecule has 0 fully saturated rings. The van der Waals surface area contributed by atoms with Crippen molar-refractivity contribution in [3.05, 3.63) is 12.2 Å². The molecule has 0 bridgehead atoms. The Labute approximate surface area is 180 Å². The highest BCUT2D eigenvalue weighted by atomic mass is 16.6. The van der Waals surface area contributed by atoms with Crippen LogP contribution in [-0.4, -0.2) is 35.2 Å². The first-order chi connectivity index (χ1) is 14.2. The number of rotatable bonds is 13. The lowest BCUT2D eigenvalue weighted by Gasteiger charge is -2.14. The minimum atomic E-state index is -1.29. The van der Waals surface area contributed by atoms with Crippen molar-refractivity contribution in [2.24, 2.45) is 5.92 Å². The van der Waals surface area contributed by atoms with Crippen molar-refractivity contribution in [2.45, 2.75) is 91.3 Å². The second-order valence-corrected chi connectivity index (χ2v) is 7.41. The van der Waals surface area contributed by atoms with E-state index < -0.39 is 30.1 Å². The fourth-order valence-electron chi connectivity index (χ4n) is 2.26. The summed E-state index contributed by atoms with van der Waals surface area (Å²) in [6.45, 7) is 7.05. The predicted octanol–water partition coefficient (Wildman–Crippen LogP) is 4.27. The lowest BCUT2D eigenvalue weighted by molar-refractivity contribution is -0.174. The van der Waals surface area contributed by atoms with Gasteiger partial charge in [0.1, 0.15) is 0 Å². The van der Waals surface area contributed by atoms with E-state index in [0.717, 1.165) is 12.3 Å². The Bertz CT molecular complexity index is 684. The maximum Gasteiger partial charge on any atom is 0.347 e. The van der Waals surface area contributed by atoms with Gasteiger partial charge in [-0.15, -0.1) is 0 Å². The van der Waals surface area contributed by atoms with Crippen LogP contribution in [0.4, 0.5) is 0 Å². The second-order valence-electron chi connectivity index (χ2n) is 7.41.